The van der Waals surface area contributed by atoms with Crippen molar-refractivity contribution in [2.45, 2.75) is 19.3 Å². The van der Waals surface area contributed by atoms with E-state index >= 15 is 0 Å². The van der Waals surface area contributed by atoms with Crippen molar-refractivity contribution in [3.63, 3.8) is 0 Å². The largest absolute Gasteiger partial charge is 0.515 e. The molecule has 0 fully saturated rings. The summed E-state index contributed by atoms with van der Waals surface area (Å²) >= 11 is 5.99. The van der Waals surface area contributed by atoms with E-state index in [1.165, 1.54) is 6.08 Å². The third-order valence-electron chi connectivity index (χ3n) is 2.17. The molecule has 0 radical (unpaired) electrons. The fourth-order valence-corrected chi connectivity index (χ4v) is 1.71. The molecular weight excluding hydrogens is 212 g/mol. The van der Waals surface area contributed by atoms with Crippen LogP contribution in [0.1, 0.15) is 19.3 Å². The minimum Gasteiger partial charge on any atom is -0.515 e. The van der Waals surface area contributed by atoms with Crippen LogP contribution in [0.5, 0.6) is 0 Å². The van der Waals surface area contributed by atoms with E-state index in [1.807, 2.05) is 0 Å². The quantitative estimate of drug-likeness (QED) is 0.545. The van der Waals surface area contributed by atoms with E-state index in [0.717, 1.165) is 31.1 Å². The second kappa shape index (κ2) is 5.24. The topological polar surface area (TPSA) is 67.8 Å². The summed E-state index contributed by atoms with van der Waals surface area (Å²) < 4.78 is 0. The van der Waals surface area contributed by atoms with E-state index < -0.39 is 0 Å². The Labute approximate surface area is 93.2 Å². The Balaban J connectivity index is 3.11. The van der Waals surface area contributed by atoms with E-state index in [2.05, 4.69) is 0 Å². The Hall–Kier alpha value is -1.71. The van der Waals surface area contributed by atoms with Crippen molar-refractivity contribution in [2.75, 3.05) is 0 Å². The van der Waals surface area contributed by atoms with Gasteiger partial charge in [-0.15, -0.1) is 0 Å². The van der Waals surface area contributed by atoms with Gasteiger partial charge in [-0.3, -0.25) is 0 Å². The average molecular weight is 221 g/mol. The molecule has 0 unspecified atom stereocenters. The standard InChI is InChI=1S/C11H9ClN2O/c12-11-9(4-8(5-13)6-14)2-1-3-10(11)7-15/h4,7,15H,1-3H2. The van der Waals surface area contributed by atoms with Crippen molar-refractivity contribution in [1.29, 1.82) is 10.5 Å². The minimum atomic E-state index is 0.0299. The maximum atomic E-state index is 8.90. The molecule has 0 saturated carbocycles. The van der Waals surface area contributed by atoms with Crippen LogP contribution in [0, 0.1) is 22.7 Å². The van der Waals surface area contributed by atoms with Gasteiger partial charge in [0.05, 0.1) is 11.3 Å². The van der Waals surface area contributed by atoms with Crippen LogP contribution in [0.25, 0.3) is 0 Å². The average Bonchev–Trinajstić information content (AvgIpc) is 2.28. The van der Waals surface area contributed by atoms with Gasteiger partial charge in [0.2, 0.25) is 0 Å². The summed E-state index contributed by atoms with van der Waals surface area (Å²) in [6.45, 7) is 0. The molecular formula is C11H9ClN2O. The Kier molecular flexibility index (Phi) is 3.97. The third kappa shape index (κ3) is 2.62. The SMILES string of the molecule is N#CC(C#N)=CC1=C(Cl)C(=CO)CCC1. The van der Waals surface area contributed by atoms with Crippen molar-refractivity contribution in [3.05, 3.63) is 34.1 Å². The number of aliphatic hydroxyl groups excluding tert-OH is 1. The van der Waals surface area contributed by atoms with Gasteiger partial charge >= 0.3 is 0 Å². The number of allylic oxidation sites excluding steroid dienone is 5. The number of rotatable bonds is 1. The van der Waals surface area contributed by atoms with Gasteiger partial charge < -0.3 is 5.11 Å². The van der Waals surface area contributed by atoms with Crippen LogP contribution in [0.4, 0.5) is 0 Å². The summed E-state index contributed by atoms with van der Waals surface area (Å²) in [7, 11) is 0. The van der Waals surface area contributed by atoms with Crippen LogP contribution >= 0.6 is 11.6 Å². The zero-order valence-electron chi connectivity index (χ0n) is 8.00. The van der Waals surface area contributed by atoms with Crippen LogP contribution in [-0.4, -0.2) is 5.11 Å². The van der Waals surface area contributed by atoms with Gasteiger partial charge in [0, 0.05) is 5.57 Å². The molecule has 0 aromatic heterocycles. The molecule has 0 saturated heterocycles. The number of aliphatic hydroxyl groups is 1. The van der Waals surface area contributed by atoms with Gasteiger partial charge in [-0.2, -0.15) is 10.5 Å². The number of nitriles is 2. The van der Waals surface area contributed by atoms with Crippen molar-refractivity contribution in [2.24, 2.45) is 0 Å². The number of hydrogen-bond donors (Lipinski definition) is 1. The predicted molar refractivity (Wildman–Crippen MR) is 56.8 cm³/mol. The van der Waals surface area contributed by atoms with E-state index in [1.54, 1.807) is 12.1 Å². The van der Waals surface area contributed by atoms with E-state index in [9.17, 15) is 0 Å². The molecule has 3 nitrogen and oxygen atoms in total. The molecule has 0 bridgehead atoms. The van der Waals surface area contributed by atoms with Crippen molar-refractivity contribution >= 4 is 11.6 Å². The molecule has 15 heavy (non-hydrogen) atoms. The summed E-state index contributed by atoms with van der Waals surface area (Å²) in [5.74, 6) is 0. The Bertz CT molecular complexity index is 416. The highest BCUT2D eigenvalue weighted by atomic mass is 35.5. The van der Waals surface area contributed by atoms with Crippen molar-refractivity contribution < 1.29 is 5.11 Å². The Morgan fingerprint density at radius 1 is 1.33 bits per heavy atom. The Morgan fingerprint density at radius 2 is 2.00 bits per heavy atom. The van der Waals surface area contributed by atoms with Gasteiger partial charge in [-0.25, -0.2) is 0 Å². The van der Waals surface area contributed by atoms with E-state index in [0.29, 0.717) is 10.6 Å². The van der Waals surface area contributed by atoms with E-state index in [-0.39, 0.29) is 5.57 Å². The molecule has 4 heteroatoms. The minimum absolute atomic E-state index is 0.0299. The molecule has 1 aliphatic carbocycles. The maximum absolute atomic E-state index is 8.90. The highest BCUT2D eigenvalue weighted by molar-refractivity contribution is 6.32. The second-order valence-electron chi connectivity index (χ2n) is 3.13. The van der Waals surface area contributed by atoms with Crippen LogP contribution in [-0.2, 0) is 0 Å². The lowest BCUT2D eigenvalue weighted by atomic mass is 9.94. The molecule has 1 aliphatic rings. The maximum Gasteiger partial charge on any atom is 0.129 e. The summed E-state index contributed by atoms with van der Waals surface area (Å²) in [6.07, 6.45) is 4.77. The lowest BCUT2D eigenvalue weighted by Crippen LogP contribution is -1.98. The fourth-order valence-electron chi connectivity index (χ4n) is 1.42. The highest BCUT2D eigenvalue weighted by Gasteiger charge is 2.14. The summed E-state index contributed by atoms with van der Waals surface area (Å²) in [4.78, 5) is 0. The number of hydrogen-bond acceptors (Lipinski definition) is 3. The van der Waals surface area contributed by atoms with E-state index in [4.69, 9.17) is 27.2 Å². The van der Waals surface area contributed by atoms with Crippen LogP contribution in [0.3, 0.4) is 0 Å². The zero-order valence-corrected chi connectivity index (χ0v) is 8.75. The number of nitrogens with zero attached hydrogens (tertiary/aromatic N) is 2. The molecule has 0 aromatic carbocycles. The van der Waals surface area contributed by atoms with Crippen LogP contribution < -0.4 is 0 Å². The summed E-state index contributed by atoms with van der Waals surface area (Å²) in [6, 6.07) is 3.56. The van der Waals surface area contributed by atoms with Gasteiger partial charge in [0.25, 0.3) is 0 Å². The third-order valence-corrected chi connectivity index (χ3v) is 2.66. The normalized spacial score (nSPS) is 18.2. The second-order valence-corrected chi connectivity index (χ2v) is 3.51. The first kappa shape index (κ1) is 11.4. The monoisotopic (exact) mass is 220 g/mol. The van der Waals surface area contributed by atoms with Crippen LogP contribution in [0.2, 0.25) is 0 Å². The fraction of sp³-hybridized carbons (Fsp3) is 0.273. The van der Waals surface area contributed by atoms with Crippen molar-refractivity contribution in [1.82, 2.24) is 0 Å². The molecule has 0 aromatic rings. The highest BCUT2D eigenvalue weighted by Crippen LogP contribution is 2.33. The van der Waals surface area contributed by atoms with Gasteiger partial charge in [-0.05, 0) is 30.9 Å². The summed E-state index contributed by atoms with van der Waals surface area (Å²) in [5.41, 5.74) is 1.42. The molecule has 0 heterocycles. The Morgan fingerprint density at radius 3 is 2.53 bits per heavy atom. The van der Waals surface area contributed by atoms with Crippen molar-refractivity contribution in [3.8, 4) is 12.1 Å². The first-order valence-corrected chi connectivity index (χ1v) is 4.85. The van der Waals surface area contributed by atoms with Crippen LogP contribution in [0.15, 0.2) is 34.1 Å². The first-order valence-electron chi connectivity index (χ1n) is 4.47. The predicted octanol–water partition coefficient (Wildman–Crippen LogP) is 3.08. The molecule has 0 spiro atoms. The molecule has 76 valence electrons. The molecule has 0 amide bonds. The lowest BCUT2D eigenvalue weighted by molar-refractivity contribution is 0.464. The molecule has 0 atom stereocenters. The van der Waals surface area contributed by atoms with Gasteiger partial charge in [0.15, 0.2) is 0 Å². The van der Waals surface area contributed by atoms with Gasteiger partial charge in [-0.1, -0.05) is 11.6 Å². The first-order chi connectivity index (χ1) is 7.22. The molecule has 0 aliphatic heterocycles. The zero-order chi connectivity index (χ0) is 11.3. The summed E-state index contributed by atoms with van der Waals surface area (Å²) in [5, 5.41) is 26.5. The number of halogens is 1. The van der Waals surface area contributed by atoms with Gasteiger partial charge in [0.1, 0.15) is 17.7 Å². The molecule has 1 N–H and O–H groups in total. The lowest BCUT2D eigenvalue weighted by Gasteiger charge is -2.15. The molecule has 1 rings (SSSR count). The smallest absolute Gasteiger partial charge is 0.129 e.